The van der Waals surface area contributed by atoms with Gasteiger partial charge in [-0.25, -0.2) is 0 Å². The molecule has 2 fully saturated rings. The zero-order valence-corrected chi connectivity index (χ0v) is 18.0. The third-order valence-corrected chi connectivity index (χ3v) is 10.5. The number of fused-ring (bicyclic) bond motifs is 2. The van der Waals surface area contributed by atoms with Crippen molar-refractivity contribution in [2.45, 2.75) is 95.7 Å². The van der Waals surface area contributed by atoms with Crippen LogP contribution in [-0.2, 0) is 9.59 Å². The molecule has 0 saturated heterocycles. The molecule has 2 saturated carbocycles. The van der Waals surface area contributed by atoms with Gasteiger partial charge in [0.15, 0.2) is 0 Å². The normalized spacial score (nSPS) is 33.5. The molecule has 138 valence electrons. The predicted octanol–water partition coefficient (Wildman–Crippen LogP) is 4.40. The number of hydrogen-bond acceptors (Lipinski definition) is 2. The molecule has 1 amide bonds. The van der Waals surface area contributed by atoms with Gasteiger partial charge in [0.05, 0.1) is 0 Å². The van der Waals surface area contributed by atoms with Gasteiger partial charge in [-0.2, -0.15) is 0 Å². The molecule has 2 aliphatic rings. The molecule has 0 heterocycles. The van der Waals surface area contributed by atoms with Gasteiger partial charge in [-0.15, -0.1) is 0 Å². The fourth-order valence-electron chi connectivity index (χ4n) is 4.92. The summed E-state index contributed by atoms with van der Waals surface area (Å²) in [7, 11) is 0. The molecule has 2 aliphatic carbocycles. The zero-order chi connectivity index (χ0) is 18.1. The van der Waals surface area contributed by atoms with E-state index in [1.165, 1.54) is 6.42 Å². The van der Waals surface area contributed by atoms with Gasteiger partial charge in [0.25, 0.3) is 0 Å². The van der Waals surface area contributed by atoms with Crippen LogP contribution in [-0.4, -0.2) is 32.7 Å². The molecule has 2 bridgehead atoms. The third-order valence-electron chi connectivity index (χ3n) is 6.80. The Morgan fingerprint density at radius 2 is 1.88 bits per heavy atom. The van der Waals surface area contributed by atoms with Crippen molar-refractivity contribution in [2.75, 3.05) is 0 Å². The number of ketones is 1. The monoisotopic (exact) mass is 401 g/mol. The Bertz CT molecular complexity index is 490. The molecule has 0 spiro atoms. The molecule has 0 aromatic heterocycles. The Labute approximate surface area is 154 Å². The molecule has 3 unspecified atom stereocenters. The van der Waals surface area contributed by atoms with Gasteiger partial charge in [0.1, 0.15) is 0 Å². The van der Waals surface area contributed by atoms with E-state index in [2.05, 4.69) is 39.9 Å². The molecule has 3 nitrogen and oxygen atoms in total. The maximum atomic E-state index is 13.2. The first-order valence-electron chi connectivity index (χ1n) is 9.65. The summed E-state index contributed by atoms with van der Waals surface area (Å²) in [6.45, 7) is 12.8. The molecule has 0 aromatic carbocycles. The molecular formula is C20H35NO2Se. The number of Topliss-reactive ketones (excluding diaryl/α,β-unsaturated/α-hetero) is 1. The molecule has 4 heteroatoms. The van der Waals surface area contributed by atoms with E-state index in [-0.39, 0.29) is 42.6 Å². The predicted molar refractivity (Wildman–Crippen MR) is 100 cm³/mol. The summed E-state index contributed by atoms with van der Waals surface area (Å²) in [6, 6.07) is 0.246. The fourth-order valence-corrected chi connectivity index (χ4v) is 9.52. The van der Waals surface area contributed by atoms with Crippen LogP contribution in [0.5, 0.6) is 0 Å². The fraction of sp³-hybridized carbons (Fsp3) is 0.900. The van der Waals surface area contributed by atoms with Crippen LogP contribution in [0.2, 0.25) is 9.63 Å². The molecule has 5 atom stereocenters. The van der Waals surface area contributed by atoms with E-state index in [4.69, 9.17) is 0 Å². The van der Waals surface area contributed by atoms with Crippen LogP contribution in [0.4, 0.5) is 0 Å². The summed E-state index contributed by atoms with van der Waals surface area (Å²) in [5.41, 5.74) is 0.0244. The van der Waals surface area contributed by atoms with Crippen LogP contribution in [0.25, 0.3) is 0 Å². The minimum absolute atomic E-state index is 0.0666. The summed E-state index contributed by atoms with van der Waals surface area (Å²) < 4.78 is 0. The molecule has 1 N–H and O–H groups in total. The summed E-state index contributed by atoms with van der Waals surface area (Å²) in [5, 5.41) is 3.19. The van der Waals surface area contributed by atoms with Crippen molar-refractivity contribution in [1.82, 2.24) is 5.32 Å². The molecule has 0 aliphatic heterocycles. The Hall–Kier alpha value is -0.341. The van der Waals surface area contributed by atoms with Crippen molar-refractivity contribution < 1.29 is 9.59 Å². The number of nitrogens with one attached hydrogen (secondary N) is 1. The van der Waals surface area contributed by atoms with Gasteiger partial charge in [-0.3, -0.25) is 0 Å². The van der Waals surface area contributed by atoms with Crippen LogP contribution >= 0.6 is 0 Å². The van der Waals surface area contributed by atoms with Gasteiger partial charge >= 0.3 is 154 Å². The Balaban J connectivity index is 2.18. The number of hydrogen-bond donors (Lipinski definition) is 1. The molecule has 0 radical (unpaired) electrons. The first-order chi connectivity index (χ1) is 11.2. The van der Waals surface area contributed by atoms with Gasteiger partial charge < -0.3 is 0 Å². The van der Waals surface area contributed by atoms with Crippen molar-refractivity contribution >= 4 is 26.6 Å². The second-order valence-electron chi connectivity index (χ2n) is 8.54. The van der Waals surface area contributed by atoms with Crippen LogP contribution in [0.15, 0.2) is 0 Å². The van der Waals surface area contributed by atoms with Crippen molar-refractivity contribution in [1.29, 1.82) is 0 Å². The van der Waals surface area contributed by atoms with E-state index in [0.29, 0.717) is 16.5 Å². The van der Waals surface area contributed by atoms with Gasteiger partial charge in [-0.1, -0.05) is 0 Å². The van der Waals surface area contributed by atoms with Gasteiger partial charge in [-0.05, 0) is 0 Å². The van der Waals surface area contributed by atoms with E-state index < -0.39 is 0 Å². The number of rotatable bonds is 8. The molecule has 2 rings (SSSR count). The SMILES string of the molecule is CCC[C@H]([Se]C1C(=O)C2(C)CCC1C2(C)C)[C@@H](CCC)NC(C)=O. The van der Waals surface area contributed by atoms with E-state index in [9.17, 15) is 9.59 Å². The average molecular weight is 400 g/mol. The zero-order valence-electron chi connectivity index (χ0n) is 16.3. The van der Waals surface area contributed by atoms with Crippen LogP contribution in [0.1, 0.15) is 80.1 Å². The second kappa shape index (κ2) is 7.50. The van der Waals surface area contributed by atoms with Crippen molar-refractivity contribution in [3.8, 4) is 0 Å². The van der Waals surface area contributed by atoms with Crippen molar-refractivity contribution in [3.63, 3.8) is 0 Å². The second-order valence-corrected chi connectivity index (χ2v) is 11.4. The van der Waals surface area contributed by atoms with E-state index >= 15 is 0 Å². The van der Waals surface area contributed by atoms with Crippen LogP contribution in [0.3, 0.4) is 0 Å². The Morgan fingerprint density at radius 3 is 2.33 bits per heavy atom. The Morgan fingerprint density at radius 1 is 1.25 bits per heavy atom. The minimum atomic E-state index is -0.116. The van der Waals surface area contributed by atoms with Crippen LogP contribution < -0.4 is 5.32 Å². The Kier molecular flexibility index (Phi) is 6.24. The number of carbonyl (C=O) groups is 2. The summed E-state index contributed by atoms with van der Waals surface area (Å²) in [6.07, 6.45) is 6.62. The van der Waals surface area contributed by atoms with E-state index in [1.807, 2.05) is 0 Å². The first kappa shape index (κ1) is 20.0. The first-order valence-corrected chi connectivity index (χ1v) is 11.6. The maximum absolute atomic E-state index is 13.2. The van der Waals surface area contributed by atoms with Crippen molar-refractivity contribution in [2.24, 2.45) is 16.7 Å². The summed E-state index contributed by atoms with van der Waals surface area (Å²) in [5.74, 6) is 1.15. The summed E-state index contributed by atoms with van der Waals surface area (Å²) in [4.78, 5) is 25.6. The molecule has 0 aromatic rings. The van der Waals surface area contributed by atoms with Crippen molar-refractivity contribution in [3.05, 3.63) is 0 Å². The molecular weight excluding hydrogens is 365 g/mol. The number of amides is 1. The quantitative estimate of drug-likeness (QED) is 0.614. The van der Waals surface area contributed by atoms with E-state index in [1.54, 1.807) is 6.92 Å². The average Bonchev–Trinajstić information content (AvgIpc) is 2.80. The number of carbonyl (C=O) groups excluding carboxylic acids is 2. The third kappa shape index (κ3) is 3.33. The standard InChI is InChI=1S/C20H35NO2Se/c1-7-9-15(21-13(3)22)16(10-8-2)24-17-14-11-12-20(6,18(17)23)19(14,4)5/h14-17H,7-12H2,1-6H3,(H,21,22)/t14?,15-,16+,17?,20?/m1/s1. The topological polar surface area (TPSA) is 46.2 Å². The van der Waals surface area contributed by atoms with Crippen LogP contribution in [0, 0.1) is 16.7 Å². The molecule has 24 heavy (non-hydrogen) atoms. The summed E-state index contributed by atoms with van der Waals surface area (Å²) >= 11 is 0.273. The van der Waals surface area contributed by atoms with Gasteiger partial charge in [0, 0.05) is 0 Å². The van der Waals surface area contributed by atoms with Gasteiger partial charge in [0.2, 0.25) is 0 Å². The van der Waals surface area contributed by atoms with E-state index in [0.717, 1.165) is 32.1 Å².